The third-order valence-electron chi connectivity index (χ3n) is 1.06. The predicted molar refractivity (Wildman–Crippen MR) is 33.8 cm³/mol. The van der Waals surface area contributed by atoms with Crippen molar-refractivity contribution in [3.63, 3.8) is 0 Å². The van der Waals surface area contributed by atoms with Gasteiger partial charge in [-0.3, -0.25) is 0 Å². The van der Waals surface area contributed by atoms with Crippen LogP contribution in [0, 0.1) is 0 Å². The van der Waals surface area contributed by atoms with Crippen molar-refractivity contribution in [3.05, 3.63) is 30.2 Å². The quantitative estimate of drug-likeness (QED) is 0.622. The topological polar surface area (TPSA) is 13.1 Å². The Morgan fingerprint density at radius 2 is 2.20 bits per heavy atom. The Kier molecular flexibility index (Phi) is 1.85. The molecule has 54 valence electrons. The van der Waals surface area contributed by atoms with Crippen LogP contribution >= 0.6 is 0 Å². The van der Waals surface area contributed by atoms with Crippen LogP contribution in [-0.2, 0) is 0 Å². The van der Waals surface area contributed by atoms with Crippen molar-refractivity contribution in [2.45, 2.75) is 6.43 Å². The lowest BCUT2D eigenvalue weighted by Crippen LogP contribution is -1.75. The Morgan fingerprint density at radius 3 is 2.50 bits per heavy atom. The van der Waals surface area contributed by atoms with Gasteiger partial charge >= 0.3 is 0 Å². The average molecular weight is 144 g/mol. The first-order valence-corrected chi connectivity index (χ1v) is 2.74. The molecule has 1 heterocycles. The summed E-state index contributed by atoms with van der Waals surface area (Å²) in [6, 6.07) is 2.69. The van der Waals surface area contributed by atoms with E-state index in [1.807, 2.05) is 0 Å². The summed E-state index contributed by atoms with van der Waals surface area (Å²) in [6.07, 6.45) is -1.15. The van der Waals surface area contributed by atoms with Crippen LogP contribution in [0.2, 0.25) is 0 Å². The first-order valence-electron chi connectivity index (χ1n) is 2.74. The summed E-state index contributed by atoms with van der Waals surface area (Å²) in [7, 11) is 0. The highest BCUT2D eigenvalue weighted by Crippen LogP contribution is 2.21. The van der Waals surface area contributed by atoms with E-state index >= 15 is 0 Å². The molecule has 0 unspecified atom stereocenters. The molecule has 0 aliphatic heterocycles. The smallest absolute Gasteiger partial charge is 0.295 e. The zero-order chi connectivity index (χ0) is 7.56. The summed E-state index contributed by atoms with van der Waals surface area (Å²) < 4.78 is 28.2. The van der Waals surface area contributed by atoms with Crippen LogP contribution in [0.5, 0.6) is 0 Å². The van der Waals surface area contributed by atoms with Crippen LogP contribution in [0.4, 0.5) is 8.78 Å². The Hall–Kier alpha value is -1.12. The maximum absolute atomic E-state index is 11.8. The van der Waals surface area contributed by atoms with E-state index in [9.17, 15) is 8.78 Å². The largest absolute Gasteiger partial charge is 0.456 e. The summed E-state index contributed by atoms with van der Waals surface area (Å²) in [5.41, 5.74) is 0. The molecule has 3 heteroatoms. The molecule has 0 spiro atoms. The van der Waals surface area contributed by atoms with Crippen molar-refractivity contribution in [3.8, 4) is 0 Å². The molecular weight excluding hydrogens is 138 g/mol. The molecule has 10 heavy (non-hydrogen) atoms. The molecule has 1 aromatic heterocycles. The standard InChI is InChI=1S/C7H6F2O/c1-2-5-3-4-6(10-5)7(8)9/h2-4,7H,1H2. The van der Waals surface area contributed by atoms with Crippen LogP contribution in [0.25, 0.3) is 6.08 Å². The SMILES string of the molecule is C=Cc1ccc(C(F)F)o1. The predicted octanol–water partition coefficient (Wildman–Crippen LogP) is 2.86. The molecule has 0 saturated carbocycles. The Balaban J connectivity index is 2.88. The highest BCUT2D eigenvalue weighted by Gasteiger charge is 2.10. The molecule has 0 aromatic carbocycles. The van der Waals surface area contributed by atoms with Gasteiger partial charge in [-0.1, -0.05) is 6.58 Å². The second-order valence-electron chi connectivity index (χ2n) is 1.74. The molecule has 0 N–H and O–H groups in total. The molecule has 0 bridgehead atoms. The van der Waals surface area contributed by atoms with E-state index < -0.39 is 6.43 Å². The van der Waals surface area contributed by atoms with Crippen molar-refractivity contribution in [2.75, 3.05) is 0 Å². The minimum atomic E-state index is -2.53. The van der Waals surface area contributed by atoms with Crippen LogP contribution in [0.15, 0.2) is 23.1 Å². The summed E-state index contributed by atoms with van der Waals surface area (Å²) in [4.78, 5) is 0. The molecule has 1 aromatic rings. The lowest BCUT2D eigenvalue weighted by Gasteiger charge is -1.89. The van der Waals surface area contributed by atoms with E-state index in [4.69, 9.17) is 0 Å². The van der Waals surface area contributed by atoms with Crippen LogP contribution in [0.1, 0.15) is 17.9 Å². The van der Waals surface area contributed by atoms with E-state index in [-0.39, 0.29) is 5.76 Å². The van der Waals surface area contributed by atoms with E-state index in [0.717, 1.165) is 0 Å². The molecule has 0 aliphatic carbocycles. The van der Waals surface area contributed by atoms with E-state index in [1.165, 1.54) is 18.2 Å². The molecule has 0 fully saturated rings. The summed E-state index contributed by atoms with van der Waals surface area (Å²) >= 11 is 0. The van der Waals surface area contributed by atoms with Crippen molar-refractivity contribution in [1.82, 2.24) is 0 Å². The van der Waals surface area contributed by atoms with Gasteiger partial charge in [-0.25, -0.2) is 8.78 Å². The first kappa shape index (κ1) is 6.99. The Morgan fingerprint density at radius 1 is 1.50 bits per heavy atom. The number of rotatable bonds is 2. The minimum Gasteiger partial charge on any atom is -0.456 e. The minimum absolute atomic E-state index is 0.310. The number of alkyl halides is 2. The van der Waals surface area contributed by atoms with E-state index in [1.54, 1.807) is 0 Å². The van der Waals surface area contributed by atoms with E-state index in [2.05, 4.69) is 11.0 Å². The van der Waals surface area contributed by atoms with Gasteiger partial charge in [-0.05, 0) is 18.2 Å². The maximum Gasteiger partial charge on any atom is 0.295 e. The van der Waals surface area contributed by atoms with Gasteiger partial charge in [0.25, 0.3) is 6.43 Å². The molecule has 0 saturated heterocycles. The van der Waals surface area contributed by atoms with E-state index in [0.29, 0.717) is 5.76 Å². The third kappa shape index (κ3) is 1.23. The number of hydrogen-bond donors (Lipinski definition) is 0. The summed E-state index contributed by atoms with van der Waals surface area (Å²) in [5, 5.41) is 0. The molecule has 0 aliphatic rings. The lowest BCUT2D eigenvalue weighted by molar-refractivity contribution is 0.121. The van der Waals surface area contributed by atoms with Gasteiger partial charge in [0.2, 0.25) is 0 Å². The van der Waals surface area contributed by atoms with Gasteiger partial charge in [0.15, 0.2) is 5.76 Å². The Labute approximate surface area is 57.0 Å². The molecule has 1 rings (SSSR count). The molecular formula is C7H6F2O. The van der Waals surface area contributed by atoms with Crippen molar-refractivity contribution < 1.29 is 13.2 Å². The van der Waals surface area contributed by atoms with Gasteiger partial charge < -0.3 is 4.42 Å². The number of hydrogen-bond acceptors (Lipinski definition) is 1. The second kappa shape index (κ2) is 2.64. The van der Waals surface area contributed by atoms with Crippen LogP contribution in [0.3, 0.4) is 0 Å². The monoisotopic (exact) mass is 144 g/mol. The molecule has 0 atom stereocenters. The Bertz CT molecular complexity index is 227. The first-order chi connectivity index (χ1) is 4.74. The van der Waals surface area contributed by atoms with Crippen molar-refractivity contribution >= 4 is 6.08 Å². The normalized spacial score (nSPS) is 10.3. The van der Waals surface area contributed by atoms with Crippen LogP contribution in [-0.4, -0.2) is 0 Å². The van der Waals surface area contributed by atoms with Crippen molar-refractivity contribution in [1.29, 1.82) is 0 Å². The van der Waals surface area contributed by atoms with Gasteiger partial charge in [0, 0.05) is 0 Å². The zero-order valence-electron chi connectivity index (χ0n) is 5.18. The average Bonchev–Trinajstić information content (AvgIpc) is 2.34. The molecule has 1 nitrogen and oxygen atoms in total. The van der Waals surface area contributed by atoms with Gasteiger partial charge in [0.05, 0.1) is 0 Å². The maximum atomic E-state index is 11.8. The van der Waals surface area contributed by atoms with Crippen molar-refractivity contribution in [2.24, 2.45) is 0 Å². The number of halogens is 2. The zero-order valence-corrected chi connectivity index (χ0v) is 5.18. The lowest BCUT2D eigenvalue weighted by atomic mass is 10.4. The fourth-order valence-electron chi connectivity index (χ4n) is 0.595. The fourth-order valence-corrected chi connectivity index (χ4v) is 0.595. The molecule has 0 amide bonds. The van der Waals surface area contributed by atoms with Crippen LogP contribution < -0.4 is 0 Å². The third-order valence-corrected chi connectivity index (χ3v) is 1.06. The second-order valence-corrected chi connectivity index (χ2v) is 1.74. The van der Waals surface area contributed by atoms with Gasteiger partial charge in [0.1, 0.15) is 5.76 Å². The van der Waals surface area contributed by atoms with Gasteiger partial charge in [-0.15, -0.1) is 0 Å². The highest BCUT2D eigenvalue weighted by atomic mass is 19.3. The number of furan rings is 1. The van der Waals surface area contributed by atoms with Gasteiger partial charge in [-0.2, -0.15) is 0 Å². The summed E-state index contributed by atoms with van der Waals surface area (Å²) in [6.45, 7) is 3.36. The molecule has 0 radical (unpaired) electrons. The fraction of sp³-hybridized carbons (Fsp3) is 0.143. The summed E-state index contributed by atoms with van der Waals surface area (Å²) in [5.74, 6) is 0.0604. The highest BCUT2D eigenvalue weighted by molar-refractivity contribution is 5.39.